The van der Waals surface area contributed by atoms with Crippen LogP contribution in [-0.2, 0) is 0 Å². The van der Waals surface area contributed by atoms with Crippen molar-refractivity contribution in [3.8, 4) is 0 Å². The number of anilines is 1. The molecule has 1 unspecified atom stereocenters. The van der Waals surface area contributed by atoms with Gasteiger partial charge in [0.15, 0.2) is 0 Å². The molecule has 2 aliphatic heterocycles. The van der Waals surface area contributed by atoms with E-state index >= 15 is 0 Å². The number of nitrogens with zero attached hydrogens (tertiary/aromatic N) is 4. The third-order valence-electron chi connectivity index (χ3n) is 4.55. The van der Waals surface area contributed by atoms with Crippen LogP contribution in [0.25, 0.3) is 0 Å². The van der Waals surface area contributed by atoms with Gasteiger partial charge in [-0.25, -0.2) is 14.8 Å². The zero-order valence-corrected chi connectivity index (χ0v) is 12.7. The maximum Gasteiger partial charge on any atom is 0.317 e. The van der Waals surface area contributed by atoms with Gasteiger partial charge in [0.25, 0.3) is 0 Å². The Morgan fingerprint density at radius 3 is 2.86 bits per heavy atom. The van der Waals surface area contributed by atoms with Gasteiger partial charge < -0.3 is 15.1 Å². The van der Waals surface area contributed by atoms with Crippen LogP contribution in [0.5, 0.6) is 0 Å². The van der Waals surface area contributed by atoms with Gasteiger partial charge in [-0.1, -0.05) is 11.6 Å². The number of amides is 2. The number of carbonyl (C=O) groups is 1. The smallest absolute Gasteiger partial charge is 0.317 e. The summed E-state index contributed by atoms with van der Waals surface area (Å²) in [6, 6.07) is 0.277. The van der Waals surface area contributed by atoms with Crippen LogP contribution in [0.1, 0.15) is 30.1 Å². The molecule has 1 aromatic heterocycles. The largest absolute Gasteiger partial charge is 0.352 e. The Morgan fingerprint density at radius 2 is 2.10 bits per heavy atom. The zero-order chi connectivity index (χ0) is 14.6. The summed E-state index contributed by atoms with van der Waals surface area (Å²) in [4.78, 5) is 25.0. The first-order chi connectivity index (χ1) is 10.1. The summed E-state index contributed by atoms with van der Waals surface area (Å²) in [5, 5.41) is 3.46. The van der Waals surface area contributed by atoms with Crippen molar-refractivity contribution < 1.29 is 4.79 Å². The normalized spacial score (nSPS) is 25.0. The van der Waals surface area contributed by atoms with Crippen LogP contribution in [0, 0.1) is 6.92 Å². The maximum atomic E-state index is 11.7. The lowest BCUT2D eigenvalue weighted by Gasteiger charge is -2.37. The molecule has 112 valence electrons. The monoisotopic (exact) mass is 307 g/mol. The van der Waals surface area contributed by atoms with Gasteiger partial charge in [0, 0.05) is 37.7 Å². The molecule has 2 saturated heterocycles. The molecule has 7 heteroatoms. The summed E-state index contributed by atoms with van der Waals surface area (Å²) >= 11 is 6.29. The molecule has 4 rings (SSSR count). The molecule has 1 atom stereocenters. The Morgan fingerprint density at radius 1 is 1.29 bits per heavy atom. The molecule has 1 N–H and O–H groups in total. The molecule has 0 bridgehead atoms. The van der Waals surface area contributed by atoms with Crippen LogP contribution in [0.2, 0.25) is 5.15 Å². The first-order valence-electron chi connectivity index (χ1n) is 7.47. The van der Waals surface area contributed by atoms with E-state index in [-0.39, 0.29) is 12.1 Å². The number of halogens is 1. The van der Waals surface area contributed by atoms with Gasteiger partial charge >= 0.3 is 6.03 Å². The van der Waals surface area contributed by atoms with Crippen molar-refractivity contribution in [3.05, 3.63) is 16.5 Å². The molecular weight excluding hydrogens is 290 g/mol. The molecule has 0 radical (unpaired) electrons. The number of rotatable bonds is 2. The second kappa shape index (κ2) is 4.73. The van der Waals surface area contributed by atoms with E-state index in [1.54, 1.807) is 0 Å². The van der Waals surface area contributed by atoms with Crippen molar-refractivity contribution in [2.24, 2.45) is 0 Å². The first-order valence-corrected chi connectivity index (χ1v) is 7.84. The summed E-state index contributed by atoms with van der Waals surface area (Å²) in [6.45, 7) is 5.01. The van der Waals surface area contributed by atoms with Gasteiger partial charge in [-0.15, -0.1) is 0 Å². The number of piperazine rings is 1. The van der Waals surface area contributed by atoms with Crippen LogP contribution in [0.4, 0.5) is 10.6 Å². The summed E-state index contributed by atoms with van der Waals surface area (Å²) in [6.07, 6.45) is 2.32. The molecule has 1 saturated carbocycles. The van der Waals surface area contributed by atoms with E-state index in [0.29, 0.717) is 17.6 Å². The summed E-state index contributed by atoms with van der Waals surface area (Å²) in [5.41, 5.74) is 0.937. The average Bonchev–Trinajstić information content (AvgIpc) is 3.26. The van der Waals surface area contributed by atoms with E-state index < -0.39 is 0 Å². The van der Waals surface area contributed by atoms with Gasteiger partial charge in [0.2, 0.25) is 0 Å². The van der Waals surface area contributed by atoms with Crippen molar-refractivity contribution in [2.45, 2.75) is 31.7 Å². The Balaban J connectivity index is 1.62. The van der Waals surface area contributed by atoms with Crippen molar-refractivity contribution >= 4 is 23.4 Å². The van der Waals surface area contributed by atoms with Crippen molar-refractivity contribution in [1.29, 1.82) is 0 Å². The fraction of sp³-hybridized carbons (Fsp3) is 0.643. The third kappa shape index (κ3) is 2.21. The average molecular weight is 308 g/mol. The van der Waals surface area contributed by atoms with Crippen molar-refractivity contribution in [2.75, 3.05) is 31.1 Å². The highest BCUT2D eigenvalue weighted by Crippen LogP contribution is 2.40. The summed E-state index contributed by atoms with van der Waals surface area (Å²) < 4.78 is 0. The Hall–Kier alpha value is -1.56. The molecule has 3 heterocycles. The molecular formula is C14H18ClN5O. The SMILES string of the molecule is Cc1c(Cl)nc(C2CC2)nc1N1CCN2C(=O)NCC2C1. The van der Waals surface area contributed by atoms with Gasteiger partial charge in [-0.05, 0) is 19.8 Å². The predicted molar refractivity (Wildman–Crippen MR) is 79.9 cm³/mol. The van der Waals surface area contributed by atoms with Crippen LogP contribution in [0.3, 0.4) is 0 Å². The van der Waals surface area contributed by atoms with Crippen LogP contribution < -0.4 is 10.2 Å². The van der Waals surface area contributed by atoms with E-state index in [9.17, 15) is 4.79 Å². The lowest BCUT2D eigenvalue weighted by molar-refractivity contribution is 0.197. The van der Waals surface area contributed by atoms with Gasteiger partial charge in [0.1, 0.15) is 16.8 Å². The number of fused-ring (bicyclic) bond motifs is 1. The summed E-state index contributed by atoms with van der Waals surface area (Å²) in [5.74, 6) is 2.30. The van der Waals surface area contributed by atoms with Crippen LogP contribution in [0.15, 0.2) is 0 Å². The highest BCUT2D eigenvalue weighted by Gasteiger charge is 2.37. The number of hydrogen-bond donors (Lipinski definition) is 1. The van der Waals surface area contributed by atoms with E-state index in [1.165, 1.54) is 0 Å². The highest BCUT2D eigenvalue weighted by molar-refractivity contribution is 6.30. The molecule has 3 aliphatic rings. The van der Waals surface area contributed by atoms with Gasteiger partial charge in [0.05, 0.1) is 6.04 Å². The van der Waals surface area contributed by atoms with Gasteiger partial charge in [-0.2, -0.15) is 0 Å². The number of carbonyl (C=O) groups excluding carboxylic acids is 1. The molecule has 1 aliphatic carbocycles. The second-order valence-electron chi connectivity index (χ2n) is 6.07. The number of hydrogen-bond acceptors (Lipinski definition) is 4. The predicted octanol–water partition coefficient (Wildman–Crippen LogP) is 1.53. The minimum Gasteiger partial charge on any atom is -0.352 e. The van der Waals surface area contributed by atoms with Crippen LogP contribution in [-0.4, -0.2) is 53.1 Å². The quantitative estimate of drug-likeness (QED) is 0.842. The van der Waals surface area contributed by atoms with Crippen molar-refractivity contribution in [1.82, 2.24) is 20.2 Å². The molecule has 21 heavy (non-hydrogen) atoms. The number of nitrogens with one attached hydrogen (secondary N) is 1. The molecule has 6 nitrogen and oxygen atoms in total. The Labute approximate surface area is 128 Å². The molecule has 3 fully saturated rings. The number of aromatic nitrogens is 2. The first kappa shape index (κ1) is 13.1. The highest BCUT2D eigenvalue weighted by atomic mass is 35.5. The maximum absolute atomic E-state index is 11.7. The fourth-order valence-electron chi connectivity index (χ4n) is 3.12. The lowest BCUT2D eigenvalue weighted by Crippen LogP contribution is -2.52. The minimum atomic E-state index is 0.0516. The van der Waals surface area contributed by atoms with E-state index in [4.69, 9.17) is 16.6 Å². The van der Waals surface area contributed by atoms with E-state index in [0.717, 1.165) is 49.7 Å². The summed E-state index contributed by atoms with van der Waals surface area (Å²) in [7, 11) is 0. The van der Waals surface area contributed by atoms with E-state index in [2.05, 4.69) is 15.2 Å². The zero-order valence-electron chi connectivity index (χ0n) is 12.0. The van der Waals surface area contributed by atoms with Crippen molar-refractivity contribution in [3.63, 3.8) is 0 Å². The lowest BCUT2D eigenvalue weighted by atomic mass is 10.2. The molecule has 2 amide bonds. The second-order valence-corrected chi connectivity index (χ2v) is 6.43. The Bertz CT molecular complexity index is 603. The molecule has 0 spiro atoms. The van der Waals surface area contributed by atoms with E-state index in [1.807, 2.05) is 11.8 Å². The minimum absolute atomic E-state index is 0.0516. The fourth-order valence-corrected chi connectivity index (χ4v) is 3.29. The van der Waals surface area contributed by atoms with Gasteiger partial charge in [-0.3, -0.25) is 0 Å². The topological polar surface area (TPSA) is 61.4 Å². The molecule has 1 aromatic rings. The molecule has 0 aromatic carbocycles. The third-order valence-corrected chi connectivity index (χ3v) is 4.92. The van der Waals surface area contributed by atoms with Crippen LogP contribution >= 0.6 is 11.6 Å². The Kier molecular flexibility index (Phi) is 2.96. The number of urea groups is 1. The standard InChI is InChI=1S/C14H18ClN5O/c1-8-11(15)17-12(9-2-3-9)18-13(8)19-4-5-20-10(7-19)6-16-14(20)21/h9-10H,2-7H2,1H3,(H,16,21).